The average molecular weight is 310 g/mol. The Morgan fingerprint density at radius 1 is 1.52 bits per heavy atom. The van der Waals surface area contributed by atoms with Gasteiger partial charge in [-0.2, -0.15) is 0 Å². The molecule has 0 radical (unpaired) electrons. The van der Waals surface area contributed by atoms with Crippen LogP contribution in [-0.2, 0) is 9.59 Å². The van der Waals surface area contributed by atoms with Gasteiger partial charge in [-0.1, -0.05) is 13.8 Å². The van der Waals surface area contributed by atoms with Crippen LogP contribution in [0.3, 0.4) is 0 Å². The maximum atomic E-state index is 12.3. The van der Waals surface area contributed by atoms with Gasteiger partial charge in [-0.15, -0.1) is 11.8 Å². The summed E-state index contributed by atoms with van der Waals surface area (Å²) in [7, 11) is 0. The van der Waals surface area contributed by atoms with Gasteiger partial charge in [0.05, 0.1) is 12.5 Å². The van der Waals surface area contributed by atoms with Gasteiger partial charge in [-0.05, 0) is 18.4 Å². The quantitative estimate of drug-likeness (QED) is 0.907. The fourth-order valence-electron chi connectivity index (χ4n) is 2.37. The monoisotopic (exact) mass is 310 g/mol. The Kier molecular flexibility index (Phi) is 5.33. The lowest BCUT2D eigenvalue weighted by Crippen LogP contribution is -2.47. The molecule has 2 amide bonds. The Labute approximate surface area is 129 Å². The highest BCUT2D eigenvalue weighted by molar-refractivity contribution is 7.99. The molecule has 1 aliphatic heterocycles. The predicted octanol–water partition coefficient (Wildman–Crippen LogP) is 2.40. The van der Waals surface area contributed by atoms with Gasteiger partial charge < -0.3 is 14.6 Å². The second kappa shape index (κ2) is 7.02. The number of nitrogens with one attached hydrogen (secondary N) is 1. The van der Waals surface area contributed by atoms with Crippen LogP contribution in [0.5, 0.6) is 0 Å². The molecular weight excluding hydrogens is 288 g/mol. The molecule has 1 aliphatic rings. The molecule has 0 bridgehead atoms. The molecule has 1 N–H and O–H groups in total. The summed E-state index contributed by atoms with van der Waals surface area (Å²) >= 11 is 1.60. The van der Waals surface area contributed by atoms with E-state index in [1.807, 2.05) is 6.07 Å². The topological polar surface area (TPSA) is 62.6 Å². The van der Waals surface area contributed by atoms with Crippen molar-refractivity contribution >= 4 is 23.6 Å². The third-order valence-corrected chi connectivity index (χ3v) is 4.84. The Morgan fingerprint density at radius 2 is 2.29 bits per heavy atom. The van der Waals surface area contributed by atoms with Crippen LogP contribution in [0.25, 0.3) is 0 Å². The van der Waals surface area contributed by atoms with Crippen molar-refractivity contribution in [1.82, 2.24) is 10.2 Å². The third-order valence-electron chi connectivity index (χ3n) is 3.52. The summed E-state index contributed by atoms with van der Waals surface area (Å²) in [5.41, 5.74) is 0.924. The van der Waals surface area contributed by atoms with Gasteiger partial charge in [0.2, 0.25) is 11.8 Å². The molecule has 2 unspecified atom stereocenters. The minimum Gasteiger partial charge on any atom is -0.472 e. The Hall–Kier alpha value is -1.43. The number of hydrogen-bond donors (Lipinski definition) is 1. The van der Waals surface area contributed by atoms with E-state index in [4.69, 9.17) is 4.42 Å². The number of hydrogen-bond acceptors (Lipinski definition) is 4. The molecule has 0 spiro atoms. The fraction of sp³-hybridized carbons (Fsp3) is 0.600. The van der Waals surface area contributed by atoms with Crippen molar-refractivity contribution in [3.8, 4) is 0 Å². The van der Waals surface area contributed by atoms with E-state index in [-0.39, 0.29) is 17.2 Å². The first-order valence-corrected chi connectivity index (χ1v) is 8.26. The Morgan fingerprint density at radius 3 is 2.86 bits per heavy atom. The molecule has 1 fully saturated rings. The van der Waals surface area contributed by atoms with Crippen molar-refractivity contribution in [2.24, 2.45) is 5.92 Å². The van der Waals surface area contributed by atoms with Crippen LogP contribution in [0.1, 0.15) is 38.1 Å². The molecule has 2 rings (SSSR count). The molecule has 0 aliphatic carbocycles. The average Bonchev–Trinajstić information content (AvgIpc) is 3.06. The van der Waals surface area contributed by atoms with Crippen LogP contribution < -0.4 is 5.32 Å². The van der Waals surface area contributed by atoms with Crippen molar-refractivity contribution in [3.63, 3.8) is 0 Å². The van der Waals surface area contributed by atoms with Crippen molar-refractivity contribution in [3.05, 3.63) is 24.2 Å². The molecule has 0 saturated carbocycles. The lowest BCUT2D eigenvalue weighted by Gasteiger charge is -2.27. The molecular formula is C15H22N2O3S. The van der Waals surface area contributed by atoms with Gasteiger partial charge in [-0.25, -0.2) is 0 Å². The summed E-state index contributed by atoms with van der Waals surface area (Å²) in [5.74, 6) is 1.01. The largest absolute Gasteiger partial charge is 0.472 e. The first-order valence-electron chi connectivity index (χ1n) is 7.21. The summed E-state index contributed by atoms with van der Waals surface area (Å²) in [6.45, 7) is 6.40. The lowest BCUT2D eigenvalue weighted by atomic mass is 10.1. The van der Waals surface area contributed by atoms with Crippen LogP contribution in [0.15, 0.2) is 23.0 Å². The summed E-state index contributed by atoms with van der Waals surface area (Å²) < 4.78 is 5.09. The molecule has 116 valence electrons. The second-order valence-electron chi connectivity index (χ2n) is 5.66. The molecule has 5 nitrogen and oxygen atoms in total. The molecule has 1 saturated heterocycles. The second-order valence-corrected chi connectivity index (χ2v) is 6.77. The number of furan rings is 1. The molecule has 1 aromatic rings. The van der Waals surface area contributed by atoms with E-state index >= 15 is 0 Å². The van der Waals surface area contributed by atoms with E-state index in [0.717, 1.165) is 12.0 Å². The summed E-state index contributed by atoms with van der Waals surface area (Å²) in [4.78, 5) is 25.9. The number of amides is 2. The zero-order chi connectivity index (χ0) is 15.4. The van der Waals surface area contributed by atoms with E-state index in [1.54, 1.807) is 29.2 Å². The number of rotatable bonds is 5. The van der Waals surface area contributed by atoms with Gasteiger partial charge in [-0.3, -0.25) is 9.59 Å². The predicted molar refractivity (Wildman–Crippen MR) is 82.7 cm³/mol. The van der Waals surface area contributed by atoms with Crippen molar-refractivity contribution in [2.45, 2.75) is 38.6 Å². The van der Waals surface area contributed by atoms with Gasteiger partial charge >= 0.3 is 0 Å². The molecule has 6 heteroatoms. The van der Waals surface area contributed by atoms with Crippen molar-refractivity contribution in [2.75, 3.05) is 12.3 Å². The number of carbonyl (C=O) groups is 2. The van der Waals surface area contributed by atoms with Gasteiger partial charge in [0.1, 0.15) is 11.4 Å². The lowest BCUT2D eigenvalue weighted by molar-refractivity contribution is -0.138. The highest BCUT2D eigenvalue weighted by Gasteiger charge is 2.41. The van der Waals surface area contributed by atoms with Crippen LogP contribution in [0.4, 0.5) is 0 Å². The van der Waals surface area contributed by atoms with E-state index < -0.39 is 6.04 Å². The van der Waals surface area contributed by atoms with Crippen LogP contribution in [0, 0.1) is 5.92 Å². The highest BCUT2D eigenvalue weighted by atomic mass is 32.2. The van der Waals surface area contributed by atoms with Crippen LogP contribution >= 0.6 is 11.8 Å². The van der Waals surface area contributed by atoms with E-state index in [2.05, 4.69) is 19.2 Å². The van der Waals surface area contributed by atoms with E-state index in [9.17, 15) is 9.59 Å². The highest BCUT2D eigenvalue weighted by Crippen LogP contribution is 2.41. The molecule has 21 heavy (non-hydrogen) atoms. The van der Waals surface area contributed by atoms with Crippen LogP contribution in [0.2, 0.25) is 0 Å². The van der Waals surface area contributed by atoms with Crippen molar-refractivity contribution < 1.29 is 14.0 Å². The standard InChI is InChI=1S/C15H22N2O3S/c1-10(2)4-6-16-14(19)13-9-21-15(17(13)11(3)18)12-5-7-20-8-12/h5,7-8,10,13,15H,4,6,9H2,1-3H3,(H,16,19). The smallest absolute Gasteiger partial charge is 0.243 e. The Balaban J connectivity index is 2.02. The SMILES string of the molecule is CC(=O)N1C(C(=O)NCCC(C)C)CSC1c1ccoc1. The third kappa shape index (κ3) is 3.81. The number of carbonyl (C=O) groups excluding carboxylic acids is 2. The maximum Gasteiger partial charge on any atom is 0.243 e. The van der Waals surface area contributed by atoms with Gasteiger partial charge in [0.15, 0.2) is 0 Å². The molecule has 2 atom stereocenters. The number of nitrogens with zero attached hydrogens (tertiary/aromatic N) is 1. The normalized spacial score (nSPS) is 21.8. The zero-order valence-electron chi connectivity index (χ0n) is 12.7. The first kappa shape index (κ1) is 15.9. The molecule has 2 heterocycles. The molecule has 0 aromatic carbocycles. The molecule has 1 aromatic heterocycles. The number of thioether (sulfide) groups is 1. The maximum absolute atomic E-state index is 12.3. The van der Waals surface area contributed by atoms with Crippen molar-refractivity contribution in [1.29, 1.82) is 0 Å². The van der Waals surface area contributed by atoms with E-state index in [0.29, 0.717) is 18.2 Å². The van der Waals surface area contributed by atoms with Gasteiger partial charge in [0, 0.05) is 24.8 Å². The summed E-state index contributed by atoms with van der Waals surface area (Å²) in [6.07, 6.45) is 4.16. The Bertz CT molecular complexity index is 487. The minimum absolute atomic E-state index is 0.0654. The zero-order valence-corrected chi connectivity index (χ0v) is 13.5. The minimum atomic E-state index is -0.403. The first-order chi connectivity index (χ1) is 10.0. The summed E-state index contributed by atoms with van der Waals surface area (Å²) in [6, 6.07) is 1.44. The van der Waals surface area contributed by atoms with Crippen LogP contribution in [-0.4, -0.2) is 35.1 Å². The van der Waals surface area contributed by atoms with E-state index in [1.165, 1.54) is 6.92 Å². The fourth-order valence-corrected chi connectivity index (χ4v) is 3.83. The summed E-state index contributed by atoms with van der Waals surface area (Å²) in [5, 5.41) is 2.80. The van der Waals surface area contributed by atoms with Gasteiger partial charge in [0.25, 0.3) is 0 Å².